The van der Waals surface area contributed by atoms with Gasteiger partial charge in [0.15, 0.2) is 4.34 Å². The van der Waals surface area contributed by atoms with Crippen molar-refractivity contribution < 1.29 is 18.3 Å². The molecule has 1 aromatic heterocycles. The summed E-state index contributed by atoms with van der Waals surface area (Å²) in [6.07, 6.45) is 0. The highest BCUT2D eigenvalue weighted by Crippen LogP contribution is 2.44. The normalized spacial score (nSPS) is 11.6. The molecule has 5 aromatic carbocycles. The third-order valence-electron chi connectivity index (χ3n) is 5.81. The molecule has 1 heterocycles. The molecule has 2 N–H and O–H groups in total. The molecular formula is C29H20N2O4S3. The van der Waals surface area contributed by atoms with Crippen molar-refractivity contribution in [3.63, 3.8) is 0 Å². The predicted molar refractivity (Wildman–Crippen MR) is 153 cm³/mol. The Labute approximate surface area is 227 Å². The monoisotopic (exact) mass is 556 g/mol. The highest BCUT2D eigenvalue weighted by molar-refractivity contribution is 8.01. The number of rotatable bonds is 7. The van der Waals surface area contributed by atoms with Crippen molar-refractivity contribution in [3.05, 3.63) is 109 Å². The number of para-hydroxylation sites is 2. The molecule has 9 heteroatoms. The van der Waals surface area contributed by atoms with Crippen LogP contribution in [0.2, 0.25) is 0 Å². The minimum Gasteiger partial charge on any atom is -0.506 e. The first-order valence-corrected chi connectivity index (χ1v) is 14.7. The molecule has 0 aliphatic carbocycles. The lowest BCUT2D eigenvalue weighted by molar-refractivity contribution is 0.469. The first kappa shape index (κ1) is 24.3. The number of phenols is 1. The Kier molecular flexibility index (Phi) is 6.40. The number of nitrogens with zero attached hydrogens (tertiary/aromatic N) is 1. The molecule has 6 rings (SSSR count). The quantitative estimate of drug-likeness (QED) is 0.194. The summed E-state index contributed by atoms with van der Waals surface area (Å²) in [6.45, 7) is 0. The number of fused-ring (bicyclic) bond motifs is 2. The molecule has 188 valence electrons. The zero-order chi connectivity index (χ0) is 26.1. The van der Waals surface area contributed by atoms with Crippen LogP contribution < -0.4 is 9.46 Å². The van der Waals surface area contributed by atoms with Crippen molar-refractivity contribution in [1.29, 1.82) is 0 Å². The molecular weight excluding hydrogens is 537 g/mol. The van der Waals surface area contributed by atoms with Crippen LogP contribution in [-0.4, -0.2) is 18.5 Å². The minimum atomic E-state index is -3.93. The molecule has 0 saturated heterocycles. The molecule has 0 unspecified atom stereocenters. The smallest absolute Gasteiger partial charge is 0.261 e. The Morgan fingerprint density at radius 2 is 1.45 bits per heavy atom. The lowest BCUT2D eigenvalue weighted by Gasteiger charge is -2.15. The van der Waals surface area contributed by atoms with Crippen molar-refractivity contribution >= 4 is 59.8 Å². The largest absolute Gasteiger partial charge is 0.506 e. The second kappa shape index (κ2) is 10.0. The number of hydrogen-bond acceptors (Lipinski definition) is 7. The zero-order valence-electron chi connectivity index (χ0n) is 19.7. The number of thiazole rings is 1. The zero-order valence-corrected chi connectivity index (χ0v) is 22.2. The summed E-state index contributed by atoms with van der Waals surface area (Å²) in [4.78, 5) is 5.24. The van der Waals surface area contributed by atoms with Crippen molar-refractivity contribution in [2.75, 3.05) is 4.72 Å². The van der Waals surface area contributed by atoms with Crippen LogP contribution in [0.5, 0.6) is 17.2 Å². The number of aromatic hydroxyl groups is 1. The summed E-state index contributed by atoms with van der Waals surface area (Å²) in [5.41, 5.74) is 1.24. The molecule has 38 heavy (non-hydrogen) atoms. The fraction of sp³-hybridized carbons (Fsp3) is 0. The van der Waals surface area contributed by atoms with Gasteiger partial charge in [0.25, 0.3) is 10.0 Å². The molecule has 0 spiro atoms. The van der Waals surface area contributed by atoms with Gasteiger partial charge >= 0.3 is 0 Å². The van der Waals surface area contributed by atoms with Crippen LogP contribution >= 0.6 is 23.1 Å². The molecule has 0 saturated carbocycles. The SMILES string of the molecule is O=S(=O)(Nc1cc(Sc2nc3ccccc3s2)c(O)c2ccccc12)c1ccc(Oc2ccccc2)cc1. The number of benzene rings is 5. The molecule has 0 amide bonds. The van der Waals surface area contributed by atoms with E-state index in [1.54, 1.807) is 42.5 Å². The third kappa shape index (κ3) is 4.91. The lowest BCUT2D eigenvalue weighted by Crippen LogP contribution is -2.13. The number of sulfonamides is 1. The number of aromatic nitrogens is 1. The van der Waals surface area contributed by atoms with Crippen LogP contribution in [0.15, 0.2) is 123 Å². The maximum atomic E-state index is 13.4. The molecule has 0 aliphatic rings. The van der Waals surface area contributed by atoms with Crippen LogP contribution in [0.1, 0.15) is 0 Å². The maximum Gasteiger partial charge on any atom is 0.261 e. The highest BCUT2D eigenvalue weighted by Gasteiger charge is 2.20. The predicted octanol–water partition coefficient (Wildman–Crippen LogP) is 7.90. The molecule has 6 aromatic rings. The first-order valence-electron chi connectivity index (χ1n) is 11.6. The van der Waals surface area contributed by atoms with Crippen molar-refractivity contribution in [1.82, 2.24) is 4.98 Å². The number of ether oxygens (including phenoxy) is 1. The third-order valence-corrected chi connectivity index (χ3v) is 9.32. The van der Waals surface area contributed by atoms with Crippen LogP contribution in [-0.2, 0) is 10.0 Å². The van der Waals surface area contributed by atoms with Gasteiger partial charge in [-0.25, -0.2) is 13.4 Å². The van der Waals surface area contributed by atoms with E-state index in [-0.39, 0.29) is 10.6 Å². The van der Waals surface area contributed by atoms with E-state index in [1.165, 1.54) is 35.2 Å². The summed E-state index contributed by atoms with van der Waals surface area (Å²) in [6, 6.07) is 32.1. The number of hydrogen-bond donors (Lipinski definition) is 2. The molecule has 0 radical (unpaired) electrons. The Morgan fingerprint density at radius 1 is 0.789 bits per heavy atom. The van der Waals surface area contributed by atoms with Gasteiger partial charge in [0, 0.05) is 10.8 Å². The van der Waals surface area contributed by atoms with E-state index in [2.05, 4.69) is 9.71 Å². The van der Waals surface area contributed by atoms with Crippen LogP contribution in [0.3, 0.4) is 0 Å². The summed E-state index contributed by atoms with van der Waals surface area (Å²) in [7, 11) is -3.93. The van der Waals surface area contributed by atoms with E-state index in [0.717, 1.165) is 14.6 Å². The first-order chi connectivity index (χ1) is 18.5. The van der Waals surface area contributed by atoms with Gasteiger partial charge in [-0.1, -0.05) is 66.4 Å². The maximum absolute atomic E-state index is 13.4. The van der Waals surface area contributed by atoms with Crippen molar-refractivity contribution in [3.8, 4) is 17.2 Å². The van der Waals surface area contributed by atoms with E-state index < -0.39 is 10.0 Å². The van der Waals surface area contributed by atoms with E-state index in [1.807, 2.05) is 54.6 Å². The van der Waals surface area contributed by atoms with Gasteiger partial charge in [-0.05, 0) is 54.6 Å². The Morgan fingerprint density at radius 3 is 2.21 bits per heavy atom. The van der Waals surface area contributed by atoms with Gasteiger partial charge in [-0.2, -0.15) is 0 Å². The fourth-order valence-electron chi connectivity index (χ4n) is 4.00. The van der Waals surface area contributed by atoms with E-state index in [4.69, 9.17) is 4.74 Å². The summed E-state index contributed by atoms with van der Waals surface area (Å²) in [5.74, 6) is 1.27. The molecule has 0 aliphatic heterocycles. The Hall–Kier alpha value is -4.05. The van der Waals surface area contributed by atoms with Gasteiger partial charge < -0.3 is 9.84 Å². The fourth-order valence-corrected chi connectivity index (χ4v) is 7.19. The molecule has 0 fully saturated rings. The standard InChI is InChI=1S/C29H20N2O4S3/c32-28-23-11-5-4-10-22(23)25(18-27(28)37-29-30-24-12-6-7-13-26(24)36-29)31-38(33,34)21-16-14-20(15-17-21)35-19-8-2-1-3-9-19/h1-18,31-32H. The van der Waals surface area contributed by atoms with E-state index in [9.17, 15) is 13.5 Å². The molecule has 0 bridgehead atoms. The van der Waals surface area contributed by atoms with Gasteiger partial charge in [-0.15, -0.1) is 11.3 Å². The number of phenolic OH excluding ortho intramolecular Hbond substituents is 1. The molecule has 6 nitrogen and oxygen atoms in total. The van der Waals surface area contributed by atoms with Crippen LogP contribution in [0.4, 0.5) is 5.69 Å². The van der Waals surface area contributed by atoms with Crippen LogP contribution in [0, 0.1) is 0 Å². The van der Waals surface area contributed by atoms with E-state index in [0.29, 0.717) is 32.9 Å². The summed E-state index contributed by atoms with van der Waals surface area (Å²) in [5, 5.41) is 12.2. The number of anilines is 1. The lowest BCUT2D eigenvalue weighted by atomic mass is 10.1. The van der Waals surface area contributed by atoms with Crippen molar-refractivity contribution in [2.45, 2.75) is 14.1 Å². The van der Waals surface area contributed by atoms with Gasteiger partial charge in [0.05, 0.1) is 25.7 Å². The highest BCUT2D eigenvalue weighted by atomic mass is 32.2. The van der Waals surface area contributed by atoms with E-state index >= 15 is 0 Å². The van der Waals surface area contributed by atoms with Gasteiger partial charge in [-0.3, -0.25) is 4.72 Å². The summed E-state index contributed by atoms with van der Waals surface area (Å²) < 4.78 is 37.0. The second-order valence-corrected chi connectivity index (χ2v) is 12.4. The number of nitrogens with one attached hydrogen (secondary N) is 1. The van der Waals surface area contributed by atoms with Gasteiger partial charge in [0.2, 0.25) is 0 Å². The average Bonchev–Trinajstić information content (AvgIpc) is 3.35. The average molecular weight is 557 g/mol. The van der Waals surface area contributed by atoms with Gasteiger partial charge in [0.1, 0.15) is 17.2 Å². The van der Waals surface area contributed by atoms with Crippen molar-refractivity contribution in [2.24, 2.45) is 0 Å². The molecule has 0 atom stereocenters. The second-order valence-electron chi connectivity index (χ2n) is 8.36. The topological polar surface area (TPSA) is 88.5 Å². The Balaban J connectivity index is 1.32. The minimum absolute atomic E-state index is 0.0789. The van der Waals surface area contributed by atoms with Crippen LogP contribution in [0.25, 0.3) is 21.0 Å². The summed E-state index contributed by atoms with van der Waals surface area (Å²) >= 11 is 2.81. The Bertz CT molecular complexity index is 1840.